The Labute approximate surface area is 124 Å². The molecule has 1 saturated heterocycles. The molecule has 2 aromatic carbocycles. The van der Waals surface area contributed by atoms with Crippen molar-refractivity contribution in [1.29, 1.82) is 0 Å². The molecule has 0 atom stereocenters. The van der Waals surface area contributed by atoms with Gasteiger partial charge in [-0.3, -0.25) is 9.69 Å². The molecule has 1 aliphatic heterocycles. The van der Waals surface area contributed by atoms with Gasteiger partial charge in [0, 0.05) is 13.1 Å². The van der Waals surface area contributed by atoms with Gasteiger partial charge in [0.1, 0.15) is 0 Å². The summed E-state index contributed by atoms with van der Waals surface area (Å²) in [6.45, 7) is 0.834. The van der Waals surface area contributed by atoms with Crippen molar-refractivity contribution in [3.63, 3.8) is 0 Å². The largest absolute Gasteiger partial charge is 0.368 e. The fourth-order valence-electron chi connectivity index (χ4n) is 2.89. The van der Waals surface area contributed by atoms with E-state index >= 15 is 0 Å². The van der Waals surface area contributed by atoms with E-state index in [9.17, 15) is 9.90 Å². The second-order valence-electron chi connectivity index (χ2n) is 5.42. The van der Waals surface area contributed by atoms with Crippen LogP contribution in [0.15, 0.2) is 60.7 Å². The number of nitrogens with one attached hydrogen (secondary N) is 1. The van der Waals surface area contributed by atoms with Crippen LogP contribution in [0, 0.1) is 0 Å². The molecule has 1 aliphatic rings. The van der Waals surface area contributed by atoms with Crippen LogP contribution in [0.4, 0.5) is 0 Å². The highest BCUT2D eigenvalue weighted by Crippen LogP contribution is 2.34. The highest BCUT2D eigenvalue weighted by atomic mass is 16.3. The van der Waals surface area contributed by atoms with Crippen LogP contribution in [0.25, 0.3) is 0 Å². The summed E-state index contributed by atoms with van der Waals surface area (Å²) in [5.41, 5.74) is 1.25. The summed E-state index contributed by atoms with van der Waals surface area (Å²) in [6.07, 6.45) is 0.553. The first kappa shape index (κ1) is 13.8. The van der Waals surface area contributed by atoms with Gasteiger partial charge in [0.15, 0.2) is 5.72 Å². The van der Waals surface area contributed by atoms with Crippen LogP contribution < -0.4 is 5.32 Å². The Bertz CT molecular complexity index is 555. The first-order valence-corrected chi connectivity index (χ1v) is 6.99. The van der Waals surface area contributed by atoms with Gasteiger partial charge in [-0.2, -0.15) is 0 Å². The van der Waals surface area contributed by atoms with Gasteiger partial charge in [-0.25, -0.2) is 0 Å². The Morgan fingerprint density at radius 3 is 1.90 bits per heavy atom. The maximum atomic E-state index is 10.5. The van der Waals surface area contributed by atoms with E-state index in [1.807, 2.05) is 36.4 Å². The topological polar surface area (TPSA) is 52.6 Å². The van der Waals surface area contributed by atoms with Crippen molar-refractivity contribution in [3.05, 3.63) is 71.8 Å². The Morgan fingerprint density at radius 1 is 1.00 bits per heavy atom. The lowest BCUT2D eigenvalue weighted by Crippen LogP contribution is -2.69. The highest BCUT2D eigenvalue weighted by Gasteiger charge is 2.44. The van der Waals surface area contributed by atoms with Crippen molar-refractivity contribution in [2.45, 2.75) is 11.8 Å². The van der Waals surface area contributed by atoms with Gasteiger partial charge in [-0.1, -0.05) is 60.7 Å². The lowest BCUT2D eigenvalue weighted by molar-refractivity contribution is -0.144. The number of β-amino-alcohol motifs (C(OH)–C–C–N with tert-alkyl or cyclic N) is 1. The average molecular weight is 282 g/mol. The molecule has 0 saturated carbocycles. The fourth-order valence-corrected chi connectivity index (χ4v) is 2.89. The first-order valence-electron chi connectivity index (χ1n) is 6.99. The standard InChI is InChI=1S/C17H18N2O2/c20-13-18-17(21)11-19(12-17)16(14-7-3-1-4-8-14)15-9-5-2-6-10-15/h1-10,13,16,21H,11-12H2,(H,18,20). The Balaban J connectivity index is 1.87. The maximum absolute atomic E-state index is 10.5. The van der Waals surface area contributed by atoms with Crippen LogP contribution in [0.3, 0.4) is 0 Å². The van der Waals surface area contributed by atoms with Crippen molar-refractivity contribution in [1.82, 2.24) is 10.2 Å². The van der Waals surface area contributed by atoms with Crippen LogP contribution in [-0.4, -0.2) is 35.2 Å². The summed E-state index contributed by atoms with van der Waals surface area (Å²) >= 11 is 0. The van der Waals surface area contributed by atoms with Crippen LogP contribution in [0.2, 0.25) is 0 Å². The first-order chi connectivity index (χ1) is 10.2. The number of hydrogen-bond donors (Lipinski definition) is 2. The van der Waals surface area contributed by atoms with Crippen LogP contribution in [0.5, 0.6) is 0 Å². The van der Waals surface area contributed by atoms with E-state index in [1.165, 1.54) is 11.1 Å². The predicted molar refractivity (Wildman–Crippen MR) is 80.4 cm³/mol. The quantitative estimate of drug-likeness (QED) is 0.646. The van der Waals surface area contributed by atoms with E-state index in [0.29, 0.717) is 19.5 Å². The maximum Gasteiger partial charge on any atom is 0.209 e. The number of rotatable bonds is 5. The molecular formula is C17H18N2O2. The number of carbonyl (C=O) groups is 1. The predicted octanol–water partition coefficient (Wildman–Crippen LogP) is 1.53. The zero-order valence-electron chi connectivity index (χ0n) is 11.6. The molecule has 21 heavy (non-hydrogen) atoms. The number of carbonyl (C=O) groups excluding carboxylic acids is 1. The summed E-state index contributed by atoms with van der Waals surface area (Å²) < 4.78 is 0. The molecule has 0 aromatic heterocycles. The van der Waals surface area contributed by atoms with Gasteiger partial charge in [0.2, 0.25) is 6.41 Å². The average Bonchev–Trinajstić information content (AvgIpc) is 2.48. The van der Waals surface area contributed by atoms with Crippen LogP contribution in [0.1, 0.15) is 17.2 Å². The van der Waals surface area contributed by atoms with Gasteiger partial charge < -0.3 is 10.4 Å². The number of nitrogens with zero attached hydrogens (tertiary/aromatic N) is 1. The molecular weight excluding hydrogens is 264 g/mol. The zero-order chi connectivity index (χ0) is 14.7. The molecule has 1 amide bonds. The molecule has 4 nitrogen and oxygen atoms in total. The summed E-state index contributed by atoms with van der Waals surface area (Å²) in [6, 6.07) is 20.5. The smallest absolute Gasteiger partial charge is 0.209 e. The fraction of sp³-hybridized carbons (Fsp3) is 0.235. The third kappa shape index (κ3) is 2.82. The number of likely N-dealkylation sites (tertiary alicyclic amines) is 1. The molecule has 0 bridgehead atoms. The van der Waals surface area contributed by atoms with Crippen molar-refractivity contribution in [3.8, 4) is 0 Å². The van der Waals surface area contributed by atoms with Gasteiger partial charge in [-0.05, 0) is 11.1 Å². The third-order valence-electron chi connectivity index (χ3n) is 3.85. The number of hydrogen-bond acceptors (Lipinski definition) is 3. The third-order valence-corrected chi connectivity index (χ3v) is 3.85. The number of aliphatic hydroxyl groups is 1. The van der Waals surface area contributed by atoms with E-state index in [-0.39, 0.29) is 6.04 Å². The Kier molecular flexibility index (Phi) is 3.73. The summed E-state index contributed by atoms with van der Waals surface area (Å²) in [5, 5.41) is 12.6. The van der Waals surface area contributed by atoms with Gasteiger partial charge >= 0.3 is 0 Å². The van der Waals surface area contributed by atoms with Crippen molar-refractivity contribution in [2.24, 2.45) is 0 Å². The molecule has 2 aromatic rings. The SMILES string of the molecule is O=CNC1(O)CN(C(c2ccccc2)c2ccccc2)C1. The van der Waals surface area contributed by atoms with Gasteiger partial charge in [0.05, 0.1) is 6.04 Å². The number of amides is 1. The second-order valence-corrected chi connectivity index (χ2v) is 5.42. The minimum atomic E-state index is -1.11. The molecule has 1 heterocycles. The van der Waals surface area contributed by atoms with Crippen molar-refractivity contribution < 1.29 is 9.90 Å². The zero-order valence-corrected chi connectivity index (χ0v) is 11.6. The highest BCUT2D eigenvalue weighted by molar-refractivity contribution is 5.48. The summed E-state index contributed by atoms with van der Waals surface area (Å²) in [7, 11) is 0. The lowest BCUT2D eigenvalue weighted by atomic mass is 9.91. The minimum absolute atomic E-state index is 0.0844. The minimum Gasteiger partial charge on any atom is -0.368 e. The van der Waals surface area contributed by atoms with E-state index in [2.05, 4.69) is 34.5 Å². The van der Waals surface area contributed by atoms with Gasteiger partial charge in [-0.15, -0.1) is 0 Å². The van der Waals surface area contributed by atoms with Crippen LogP contribution in [-0.2, 0) is 4.79 Å². The van der Waals surface area contributed by atoms with Crippen molar-refractivity contribution >= 4 is 6.41 Å². The second kappa shape index (κ2) is 5.68. The van der Waals surface area contributed by atoms with E-state index < -0.39 is 5.72 Å². The number of benzene rings is 2. The van der Waals surface area contributed by atoms with Crippen molar-refractivity contribution in [2.75, 3.05) is 13.1 Å². The summed E-state index contributed by atoms with van der Waals surface area (Å²) in [4.78, 5) is 12.7. The molecule has 3 rings (SSSR count). The van der Waals surface area contributed by atoms with Gasteiger partial charge in [0.25, 0.3) is 0 Å². The lowest BCUT2D eigenvalue weighted by Gasteiger charge is -2.49. The Hall–Kier alpha value is -2.17. The molecule has 4 heteroatoms. The molecule has 108 valence electrons. The molecule has 0 unspecified atom stereocenters. The normalized spacial score (nSPS) is 17.2. The Morgan fingerprint density at radius 2 is 1.48 bits per heavy atom. The summed E-state index contributed by atoms with van der Waals surface area (Å²) in [5.74, 6) is 0. The molecule has 1 fully saturated rings. The molecule has 2 N–H and O–H groups in total. The van der Waals surface area contributed by atoms with E-state index in [0.717, 1.165) is 0 Å². The van der Waals surface area contributed by atoms with Crippen LogP contribution >= 0.6 is 0 Å². The molecule has 0 radical (unpaired) electrons. The monoisotopic (exact) mass is 282 g/mol. The van der Waals surface area contributed by atoms with E-state index in [1.54, 1.807) is 0 Å². The van der Waals surface area contributed by atoms with E-state index in [4.69, 9.17) is 0 Å². The molecule has 0 aliphatic carbocycles. The molecule has 0 spiro atoms.